The number of aromatic amines is 1. The van der Waals surface area contributed by atoms with Crippen LogP contribution in [0.15, 0.2) is 12.7 Å². The van der Waals surface area contributed by atoms with E-state index < -0.39 is 11.7 Å². The Labute approximate surface area is 122 Å². The third-order valence-corrected chi connectivity index (χ3v) is 2.35. The fourth-order valence-electron chi connectivity index (χ4n) is 1.55. The van der Waals surface area contributed by atoms with Crippen molar-refractivity contribution in [2.24, 2.45) is 0 Å². The van der Waals surface area contributed by atoms with E-state index in [-0.39, 0.29) is 0 Å². The van der Waals surface area contributed by atoms with E-state index in [1.165, 1.54) is 6.33 Å². The Morgan fingerprint density at radius 1 is 1.38 bits per heavy atom. The highest BCUT2D eigenvalue weighted by Crippen LogP contribution is 2.07. The number of H-pyrrole nitrogens is 1. The lowest BCUT2D eigenvalue weighted by atomic mass is 10.2. The average molecular weight is 287 g/mol. The van der Waals surface area contributed by atoms with Gasteiger partial charge in [0.2, 0.25) is 0 Å². The van der Waals surface area contributed by atoms with Gasteiger partial charge in [-0.05, 0) is 26.7 Å². The van der Waals surface area contributed by atoms with Crippen molar-refractivity contribution in [2.75, 3.05) is 6.54 Å². The zero-order chi connectivity index (χ0) is 15.3. The third kappa shape index (κ3) is 4.45. The maximum absolute atomic E-state index is 11.4. The maximum atomic E-state index is 11.4. The molecule has 7 nitrogen and oxygen atoms in total. The van der Waals surface area contributed by atoms with Crippen molar-refractivity contribution in [2.45, 2.75) is 32.8 Å². The van der Waals surface area contributed by atoms with Gasteiger partial charge in [-0.15, -0.1) is 0 Å². The first-order valence-electron chi connectivity index (χ1n) is 6.55. The Morgan fingerprint density at radius 2 is 2.19 bits per heavy atom. The van der Waals surface area contributed by atoms with Crippen molar-refractivity contribution in [3.05, 3.63) is 18.3 Å². The number of rotatable bonds is 2. The molecular formula is C14H17N5O2. The molecule has 2 aromatic heterocycles. The molecule has 0 atom stereocenters. The van der Waals surface area contributed by atoms with Crippen LogP contribution in [-0.4, -0.2) is 38.2 Å². The Bertz CT molecular complexity index is 690. The van der Waals surface area contributed by atoms with Crippen LogP contribution in [0.4, 0.5) is 4.79 Å². The van der Waals surface area contributed by atoms with E-state index in [1.807, 2.05) is 20.8 Å². The molecule has 2 heterocycles. The first-order chi connectivity index (χ1) is 9.96. The van der Waals surface area contributed by atoms with E-state index in [9.17, 15) is 4.79 Å². The second kappa shape index (κ2) is 6.22. The average Bonchev–Trinajstić information content (AvgIpc) is 2.85. The number of imidazole rings is 1. The van der Waals surface area contributed by atoms with Crippen LogP contribution in [0.5, 0.6) is 0 Å². The zero-order valence-corrected chi connectivity index (χ0v) is 12.2. The summed E-state index contributed by atoms with van der Waals surface area (Å²) >= 11 is 0. The summed E-state index contributed by atoms with van der Waals surface area (Å²) in [7, 11) is 0. The molecular weight excluding hydrogens is 270 g/mol. The lowest BCUT2D eigenvalue weighted by Crippen LogP contribution is -2.32. The molecule has 1 amide bonds. The lowest BCUT2D eigenvalue weighted by Gasteiger charge is -2.19. The number of aromatic nitrogens is 4. The smallest absolute Gasteiger partial charge is 0.407 e. The Morgan fingerprint density at radius 3 is 2.95 bits per heavy atom. The number of nitrogens with one attached hydrogen (secondary N) is 2. The molecule has 21 heavy (non-hydrogen) atoms. The summed E-state index contributed by atoms with van der Waals surface area (Å²) in [6, 6.07) is 0. The number of carbonyl (C=O) groups excluding carboxylic acids is 1. The zero-order valence-electron chi connectivity index (χ0n) is 12.2. The van der Waals surface area contributed by atoms with Crippen molar-refractivity contribution in [1.29, 1.82) is 0 Å². The van der Waals surface area contributed by atoms with Crippen molar-refractivity contribution >= 4 is 17.3 Å². The molecule has 0 aliphatic heterocycles. The molecule has 0 radical (unpaired) electrons. The van der Waals surface area contributed by atoms with Crippen LogP contribution in [0.25, 0.3) is 11.2 Å². The van der Waals surface area contributed by atoms with Crippen LogP contribution < -0.4 is 5.32 Å². The molecule has 2 rings (SSSR count). The van der Waals surface area contributed by atoms with Gasteiger partial charge in [-0.2, -0.15) is 0 Å². The van der Waals surface area contributed by atoms with E-state index in [0.717, 1.165) is 0 Å². The number of hydrogen-bond acceptors (Lipinski definition) is 5. The number of alkyl carbamates (subject to hydrolysis) is 1. The van der Waals surface area contributed by atoms with Gasteiger partial charge in [0.05, 0.1) is 6.33 Å². The van der Waals surface area contributed by atoms with Gasteiger partial charge in [-0.3, -0.25) is 0 Å². The summed E-state index contributed by atoms with van der Waals surface area (Å²) in [5, 5.41) is 2.64. The molecule has 0 aliphatic carbocycles. The van der Waals surface area contributed by atoms with E-state index in [1.54, 1.807) is 6.33 Å². The second-order valence-corrected chi connectivity index (χ2v) is 5.30. The molecule has 0 spiro atoms. The minimum atomic E-state index is -0.497. The summed E-state index contributed by atoms with van der Waals surface area (Å²) in [5.41, 5.74) is 1.39. The van der Waals surface area contributed by atoms with Gasteiger partial charge < -0.3 is 15.0 Å². The standard InChI is InChI=1S/C14H17N5O2/c1-14(2,3)21-13(20)15-7-5-4-6-10-11-12(18-8-16-10)19-9-17-11/h8-9H,5,7H2,1-3H3,(H,15,20)(H,16,17,18,19). The minimum absolute atomic E-state index is 0.416. The van der Waals surface area contributed by atoms with Gasteiger partial charge in [-0.25, -0.2) is 19.7 Å². The number of ether oxygens (including phenoxy) is 1. The number of hydrogen-bond donors (Lipinski definition) is 2. The SMILES string of the molecule is CC(C)(C)OC(=O)NCCC#Cc1ncnc2nc[nH]c12. The summed E-state index contributed by atoms with van der Waals surface area (Å²) < 4.78 is 5.12. The lowest BCUT2D eigenvalue weighted by molar-refractivity contribution is 0.0529. The highest BCUT2D eigenvalue weighted by Gasteiger charge is 2.15. The number of fused-ring (bicyclic) bond motifs is 1. The van der Waals surface area contributed by atoms with E-state index in [4.69, 9.17) is 4.74 Å². The molecule has 0 unspecified atom stereocenters. The molecule has 0 fully saturated rings. The molecule has 0 saturated heterocycles. The fraction of sp³-hybridized carbons (Fsp3) is 0.429. The van der Waals surface area contributed by atoms with Crippen LogP contribution in [0.1, 0.15) is 32.9 Å². The molecule has 0 saturated carbocycles. The van der Waals surface area contributed by atoms with Gasteiger partial charge in [0, 0.05) is 13.0 Å². The van der Waals surface area contributed by atoms with Crippen LogP contribution >= 0.6 is 0 Å². The Kier molecular flexibility index (Phi) is 4.38. The number of nitrogens with zero attached hydrogens (tertiary/aromatic N) is 3. The van der Waals surface area contributed by atoms with Crippen LogP contribution in [-0.2, 0) is 4.74 Å². The van der Waals surface area contributed by atoms with Gasteiger partial charge in [-0.1, -0.05) is 5.92 Å². The first-order valence-corrected chi connectivity index (χ1v) is 6.55. The van der Waals surface area contributed by atoms with Crippen LogP contribution in [0.2, 0.25) is 0 Å². The molecule has 0 bridgehead atoms. The monoisotopic (exact) mass is 287 g/mol. The Balaban J connectivity index is 1.85. The van der Waals surface area contributed by atoms with E-state index >= 15 is 0 Å². The fourth-order valence-corrected chi connectivity index (χ4v) is 1.55. The van der Waals surface area contributed by atoms with Gasteiger partial charge in [0.1, 0.15) is 23.1 Å². The third-order valence-electron chi connectivity index (χ3n) is 2.35. The quantitative estimate of drug-likeness (QED) is 0.646. The van der Waals surface area contributed by atoms with Gasteiger partial charge in [0.15, 0.2) is 5.65 Å². The largest absolute Gasteiger partial charge is 0.444 e. The van der Waals surface area contributed by atoms with Gasteiger partial charge in [0.25, 0.3) is 0 Å². The number of amides is 1. The van der Waals surface area contributed by atoms with Crippen LogP contribution in [0.3, 0.4) is 0 Å². The predicted octanol–water partition coefficient (Wildman–Crippen LogP) is 1.62. The Hall–Kier alpha value is -2.62. The summed E-state index contributed by atoms with van der Waals surface area (Å²) in [4.78, 5) is 26.5. The molecule has 2 N–H and O–H groups in total. The maximum Gasteiger partial charge on any atom is 0.407 e. The highest BCUT2D eigenvalue weighted by atomic mass is 16.6. The molecule has 7 heteroatoms. The van der Waals surface area contributed by atoms with Crippen molar-refractivity contribution in [3.8, 4) is 11.8 Å². The molecule has 2 aromatic rings. The first kappa shape index (κ1) is 14.8. The molecule has 110 valence electrons. The van der Waals surface area contributed by atoms with Crippen molar-refractivity contribution < 1.29 is 9.53 Å². The van der Waals surface area contributed by atoms with Gasteiger partial charge >= 0.3 is 6.09 Å². The van der Waals surface area contributed by atoms with E-state index in [2.05, 4.69) is 37.1 Å². The summed E-state index contributed by atoms with van der Waals surface area (Å²) in [6.45, 7) is 5.87. The normalized spacial score (nSPS) is 10.8. The second-order valence-electron chi connectivity index (χ2n) is 5.30. The molecule has 0 aromatic carbocycles. The predicted molar refractivity (Wildman–Crippen MR) is 77.4 cm³/mol. The minimum Gasteiger partial charge on any atom is -0.444 e. The van der Waals surface area contributed by atoms with Crippen molar-refractivity contribution in [1.82, 2.24) is 25.3 Å². The molecule has 0 aliphatic rings. The summed E-state index contributed by atoms with van der Waals surface area (Å²) in [5.74, 6) is 5.87. The van der Waals surface area contributed by atoms with E-state index in [0.29, 0.717) is 29.8 Å². The number of carbonyl (C=O) groups is 1. The summed E-state index contributed by atoms with van der Waals surface area (Å²) in [6.07, 6.45) is 3.03. The highest BCUT2D eigenvalue weighted by molar-refractivity contribution is 5.75. The van der Waals surface area contributed by atoms with Crippen molar-refractivity contribution in [3.63, 3.8) is 0 Å². The topological polar surface area (TPSA) is 92.8 Å². The van der Waals surface area contributed by atoms with Crippen LogP contribution in [0, 0.1) is 11.8 Å².